The molecular formula is C16H11BrN2S. The smallest absolute Gasteiger partial charge is 0.124 e. The van der Waals surface area contributed by atoms with Crippen molar-refractivity contribution in [1.82, 2.24) is 4.98 Å². The lowest BCUT2D eigenvalue weighted by atomic mass is 10.1. The van der Waals surface area contributed by atoms with Crippen LogP contribution in [0.15, 0.2) is 46.9 Å². The molecule has 0 amide bonds. The zero-order valence-corrected chi connectivity index (χ0v) is 13.0. The van der Waals surface area contributed by atoms with Crippen molar-refractivity contribution in [3.8, 4) is 21.8 Å². The standard InChI is InChI=1S/C16H11BrN2S/c17-11-4-5-13-10(6-11)8-14-15(13)19-16(20-14)9-2-1-3-12(18)7-9/h1-7H,8,18H2. The fourth-order valence-corrected chi connectivity index (χ4v) is 4.09. The van der Waals surface area contributed by atoms with Gasteiger partial charge in [-0.2, -0.15) is 0 Å². The van der Waals surface area contributed by atoms with Gasteiger partial charge in [-0.15, -0.1) is 11.3 Å². The molecule has 3 aromatic rings. The summed E-state index contributed by atoms with van der Waals surface area (Å²) in [5, 5.41) is 1.05. The maximum absolute atomic E-state index is 5.85. The normalized spacial score (nSPS) is 12.2. The molecule has 1 aliphatic carbocycles. The summed E-state index contributed by atoms with van der Waals surface area (Å²) >= 11 is 5.29. The van der Waals surface area contributed by atoms with E-state index in [2.05, 4.69) is 40.2 Å². The van der Waals surface area contributed by atoms with Crippen molar-refractivity contribution < 1.29 is 0 Å². The van der Waals surface area contributed by atoms with Gasteiger partial charge in [0.25, 0.3) is 0 Å². The molecule has 2 N–H and O–H groups in total. The molecule has 0 saturated carbocycles. The van der Waals surface area contributed by atoms with Crippen LogP contribution in [-0.4, -0.2) is 4.98 Å². The summed E-state index contributed by atoms with van der Waals surface area (Å²) in [5.74, 6) is 0. The van der Waals surface area contributed by atoms with Gasteiger partial charge in [0.2, 0.25) is 0 Å². The molecule has 4 heteroatoms. The van der Waals surface area contributed by atoms with E-state index in [1.165, 1.54) is 16.0 Å². The molecule has 0 atom stereocenters. The summed E-state index contributed by atoms with van der Waals surface area (Å²) in [6, 6.07) is 14.3. The second-order valence-electron chi connectivity index (χ2n) is 4.89. The van der Waals surface area contributed by atoms with Crippen LogP contribution in [0.1, 0.15) is 10.4 Å². The quantitative estimate of drug-likeness (QED) is 0.508. The molecule has 2 nitrogen and oxygen atoms in total. The molecule has 0 fully saturated rings. The number of halogens is 1. The van der Waals surface area contributed by atoms with Gasteiger partial charge in [0.15, 0.2) is 0 Å². The van der Waals surface area contributed by atoms with Crippen molar-refractivity contribution >= 4 is 33.0 Å². The van der Waals surface area contributed by atoms with Crippen molar-refractivity contribution in [3.05, 3.63) is 57.4 Å². The Balaban J connectivity index is 1.83. The van der Waals surface area contributed by atoms with Crippen LogP contribution in [0, 0.1) is 0 Å². The predicted octanol–water partition coefficient (Wildman–Crippen LogP) is 4.73. The van der Waals surface area contributed by atoms with Crippen LogP contribution in [0.4, 0.5) is 5.69 Å². The largest absolute Gasteiger partial charge is 0.399 e. The third kappa shape index (κ3) is 1.87. The van der Waals surface area contributed by atoms with E-state index in [9.17, 15) is 0 Å². The van der Waals surface area contributed by atoms with Crippen LogP contribution in [0.25, 0.3) is 21.8 Å². The maximum atomic E-state index is 5.85. The van der Waals surface area contributed by atoms with E-state index < -0.39 is 0 Å². The van der Waals surface area contributed by atoms with Crippen LogP contribution >= 0.6 is 27.3 Å². The third-order valence-corrected chi connectivity index (χ3v) is 5.10. The molecule has 0 radical (unpaired) electrons. The molecule has 4 rings (SSSR count). The zero-order valence-electron chi connectivity index (χ0n) is 10.6. The minimum atomic E-state index is 0.780. The second kappa shape index (κ2) is 4.43. The number of rotatable bonds is 1. The Morgan fingerprint density at radius 3 is 2.90 bits per heavy atom. The van der Waals surface area contributed by atoms with Gasteiger partial charge in [-0.05, 0) is 29.8 Å². The molecule has 98 valence electrons. The van der Waals surface area contributed by atoms with Crippen LogP contribution in [0.2, 0.25) is 0 Å². The number of fused-ring (bicyclic) bond motifs is 3. The first kappa shape index (κ1) is 12.1. The highest BCUT2D eigenvalue weighted by atomic mass is 79.9. The number of aromatic nitrogens is 1. The average Bonchev–Trinajstić information content (AvgIpc) is 2.95. The van der Waals surface area contributed by atoms with Gasteiger partial charge in [0, 0.05) is 32.6 Å². The Hall–Kier alpha value is -1.65. The molecule has 2 aromatic carbocycles. The van der Waals surface area contributed by atoms with E-state index in [1.54, 1.807) is 11.3 Å². The monoisotopic (exact) mass is 342 g/mol. The van der Waals surface area contributed by atoms with E-state index >= 15 is 0 Å². The summed E-state index contributed by atoms with van der Waals surface area (Å²) in [7, 11) is 0. The van der Waals surface area contributed by atoms with Crippen LogP contribution < -0.4 is 5.73 Å². The summed E-state index contributed by atoms with van der Waals surface area (Å²) in [4.78, 5) is 6.16. The Kier molecular flexibility index (Phi) is 2.69. The number of hydrogen-bond acceptors (Lipinski definition) is 3. The minimum Gasteiger partial charge on any atom is -0.399 e. The van der Waals surface area contributed by atoms with Gasteiger partial charge in [0.1, 0.15) is 5.01 Å². The fraction of sp³-hybridized carbons (Fsp3) is 0.0625. The van der Waals surface area contributed by atoms with Crippen molar-refractivity contribution in [2.45, 2.75) is 6.42 Å². The van der Waals surface area contributed by atoms with Gasteiger partial charge in [-0.25, -0.2) is 4.98 Å². The molecular weight excluding hydrogens is 332 g/mol. The van der Waals surface area contributed by atoms with Crippen molar-refractivity contribution in [2.24, 2.45) is 0 Å². The number of anilines is 1. The van der Waals surface area contributed by atoms with Crippen LogP contribution in [0.3, 0.4) is 0 Å². The van der Waals surface area contributed by atoms with Crippen molar-refractivity contribution in [1.29, 1.82) is 0 Å². The van der Waals surface area contributed by atoms with E-state index in [0.29, 0.717) is 0 Å². The zero-order chi connectivity index (χ0) is 13.7. The molecule has 1 aromatic heterocycles. The van der Waals surface area contributed by atoms with Gasteiger partial charge < -0.3 is 5.73 Å². The number of nitrogen functional groups attached to an aromatic ring is 1. The predicted molar refractivity (Wildman–Crippen MR) is 87.9 cm³/mol. The molecule has 0 unspecified atom stereocenters. The lowest BCUT2D eigenvalue weighted by Crippen LogP contribution is -1.85. The molecule has 0 saturated heterocycles. The molecule has 20 heavy (non-hydrogen) atoms. The minimum absolute atomic E-state index is 0.780. The number of nitrogens with two attached hydrogens (primary N) is 1. The number of hydrogen-bond donors (Lipinski definition) is 1. The summed E-state index contributed by atoms with van der Waals surface area (Å²) < 4.78 is 1.13. The van der Waals surface area contributed by atoms with Gasteiger partial charge in [-0.3, -0.25) is 0 Å². The third-order valence-electron chi connectivity index (χ3n) is 3.50. The number of thiazole rings is 1. The Morgan fingerprint density at radius 2 is 2.05 bits per heavy atom. The molecule has 0 spiro atoms. The second-order valence-corrected chi connectivity index (χ2v) is 6.89. The van der Waals surface area contributed by atoms with Gasteiger partial charge in [-0.1, -0.05) is 34.1 Å². The maximum Gasteiger partial charge on any atom is 0.124 e. The van der Waals surface area contributed by atoms with Crippen molar-refractivity contribution in [3.63, 3.8) is 0 Å². The highest BCUT2D eigenvalue weighted by Crippen LogP contribution is 2.42. The van der Waals surface area contributed by atoms with E-state index in [1.807, 2.05) is 18.2 Å². The molecule has 1 heterocycles. The summed E-state index contributed by atoms with van der Waals surface area (Å²) in [6.45, 7) is 0. The summed E-state index contributed by atoms with van der Waals surface area (Å²) in [5.41, 5.74) is 11.5. The highest BCUT2D eigenvalue weighted by molar-refractivity contribution is 9.10. The fourth-order valence-electron chi connectivity index (χ4n) is 2.59. The lowest BCUT2D eigenvalue weighted by molar-refractivity contribution is 1.30. The van der Waals surface area contributed by atoms with Gasteiger partial charge in [0.05, 0.1) is 5.69 Å². The first-order chi connectivity index (χ1) is 9.70. The Bertz CT molecular complexity index is 823. The lowest BCUT2D eigenvalue weighted by Gasteiger charge is -2.01. The topological polar surface area (TPSA) is 38.9 Å². The van der Waals surface area contributed by atoms with Crippen LogP contribution in [-0.2, 0) is 6.42 Å². The van der Waals surface area contributed by atoms with Crippen molar-refractivity contribution in [2.75, 3.05) is 5.73 Å². The van der Waals surface area contributed by atoms with Crippen LogP contribution in [0.5, 0.6) is 0 Å². The average molecular weight is 343 g/mol. The van der Waals surface area contributed by atoms with Gasteiger partial charge >= 0.3 is 0 Å². The highest BCUT2D eigenvalue weighted by Gasteiger charge is 2.23. The van der Waals surface area contributed by atoms with E-state index in [0.717, 1.165) is 32.8 Å². The Morgan fingerprint density at radius 1 is 1.15 bits per heavy atom. The molecule has 0 bridgehead atoms. The SMILES string of the molecule is Nc1cccc(-c2nc3c(s2)Cc2cc(Br)ccc2-3)c1. The first-order valence-electron chi connectivity index (χ1n) is 6.35. The van der Waals surface area contributed by atoms with E-state index in [-0.39, 0.29) is 0 Å². The Labute approximate surface area is 129 Å². The number of benzene rings is 2. The molecule has 0 aliphatic heterocycles. The first-order valence-corrected chi connectivity index (χ1v) is 7.96. The summed E-state index contributed by atoms with van der Waals surface area (Å²) in [6.07, 6.45) is 0.976. The molecule has 1 aliphatic rings. The number of nitrogens with zero attached hydrogens (tertiary/aromatic N) is 1. The van der Waals surface area contributed by atoms with E-state index in [4.69, 9.17) is 10.7 Å².